The number of alkyl halides is 3. The van der Waals surface area contributed by atoms with Crippen LogP contribution in [-0.4, -0.2) is 38.9 Å². The van der Waals surface area contributed by atoms with Crippen LogP contribution >= 0.6 is 0 Å². The molecule has 21 heavy (non-hydrogen) atoms. The van der Waals surface area contributed by atoms with E-state index in [9.17, 15) is 18.0 Å². The molecule has 1 amide bonds. The van der Waals surface area contributed by atoms with E-state index in [1.165, 1.54) is 13.2 Å². The highest BCUT2D eigenvalue weighted by atomic mass is 19.4. The molecule has 1 aromatic carbocycles. The lowest BCUT2D eigenvalue weighted by atomic mass is 10.2. The normalized spacial score (nSPS) is 11.1. The van der Waals surface area contributed by atoms with Gasteiger partial charge < -0.3 is 20.1 Å². The molecule has 0 unspecified atom stereocenters. The molecule has 118 valence electrons. The Kier molecular flexibility index (Phi) is 6.29. The van der Waals surface area contributed by atoms with Crippen LogP contribution in [0.1, 0.15) is 6.92 Å². The molecule has 1 aromatic rings. The van der Waals surface area contributed by atoms with Crippen molar-refractivity contribution in [2.45, 2.75) is 13.1 Å². The van der Waals surface area contributed by atoms with Gasteiger partial charge in [-0.2, -0.15) is 13.2 Å². The summed E-state index contributed by atoms with van der Waals surface area (Å²) < 4.78 is 46.2. The molecule has 0 radical (unpaired) electrons. The van der Waals surface area contributed by atoms with Crippen molar-refractivity contribution in [2.75, 3.05) is 32.1 Å². The number of hydrogen-bond donors (Lipinski definition) is 2. The number of amides is 1. The first-order valence-electron chi connectivity index (χ1n) is 6.24. The highest BCUT2D eigenvalue weighted by Gasteiger charge is 2.26. The summed E-state index contributed by atoms with van der Waals surface area (Å²) in [7, 11) is 1.45. The summed E-state index contributed by atoms with van der Waals surface area (Å²) in [6.45, 7) is 0.632. The van der Waals surface area contributed by atoms with Crippen LogP contribution in [0.15, 0.2) is 18.2 Å². The SMILES string of the molecule is CCOc1ccc(NC(=O)CNCC(F)(F)F)cc1OC. The van der Waals surface area contributed by atoms with Gasteiger partial charge in [-0.1, -0.05) is 0 Å². The first-order valence-corrected chi connectivity index (χ1v) is 6.24. The molecular weight excluding hydrogens is 289 g/mol. The van der Waals surface area contributed by atoms with Crippen LogP contribution in [0.3, 0.4) is 0 Å². The van der Waals surface area contributed by atoms with Gasteiger partial charge in [0.25, 0.3) is 0 Å². The molecule has 0 aromatic heterocycles. The summed E-state index contributed by atoms with van der Waals surface area (Å²) in [6.07, 6.45) is -4.34. The van der Waals surface area contributed by atoms with Gasteiger partial charge >= 0.3 is 6.18 Å². The van der Waals surface area contributed by atoms with Gasteiger partial charge in [0.2, 0.25) is 5.91 Å². The van der Waals surface area contributed by atoms with Gasteiger partial charge in [-0.25, -0.2) is 0 Å². The molecule has 1 rings (SSSR count). The smallest absolute Gasteiger partial charge is 0.401 e. The van der Waals surface area contributed by atoms with Crippen LogP contribution in [0.4, 0.5) is 18.9 Å². The number of carbonyl (C=O) groups excluding carboxylic acids is 1. The fraction of sp³-hybridized carbons (Fsp3) is 0.462. The van der Waals surface area contributed by atoms with E-state index in [2.05, 4.69) is 5.32 Å². The number of anilines is 1. The lowest BCUT2D eigenvalue weighted by Crippen LogP contribution is -2.35. The van der Waals surface area contributed by atoms with E-state index in [-0.39, 0.29) is 0 Å². The Morgan fingerprint density at radius 3 is 2.57 bits per heavy atom. The fourth-order valence-electron chi connectivity index (χ4n) is 1.54. The predicted octanol–water partition coefficient (Wildman–Crippen LogP) is 2.18. The van der Waals surface area contributed by atoms with E-state index in [0.29, 0.717) is 23.8 Å². The zero-order chi connectivity index (χ0) is 15.9. The van der Waals surface area contributed by atoms with Gasteiger partial charge in [0, 0.05) is 11.8 Å². The van der Waals surface area contributed by atoms with Crippen molar-refractivity contribution < 1.29 is 27.4 Å². The number of hydrogen-bond acceptors (Lipinski definition) is 4. The van der Waals surface area contributed by atoms with E-state index < -0.39 is 25.2 Å². The van der Waals surface area contributed by atoms with Crippen LogP contribution in [0, 0.1) is 0 Å². The lowest BCUT2D eigenvalue weighted by molar-refractivity contribution is -0.126. The van der Waals surface area contributed by atoms with E-state index in [4.69, 9.17) is 9.47 Å². The Bertz CT molecular complexity index is 478. The third kappa shape index (κ3) is 6.35. The molecule has 0 saturated heterocycles. The largest absolute Gasteiger partial charge is 0.493 e. The quantitative estimate of drug-likeness (QED) is 0.810. The Morgan fingerprint density at radius 2 is 2.00 bits per heavy atom. The minimum Gasteiger partial charge on any atom is -0.493 e. The van der Waals surface area contributed by atoms with Crippen LogP contribution < -0.4 is 20.1 Å². The number of nitrogens with one attached hydrogen (secondary N) is 2. The van der Waals surface area contributed by atoms with Crippen LogP contribution in [0.5, 0.6) is 11.5 Å². The Labute approximate surface area is 120 Å². The van der Waals surface area contributed by atoms with E-state index in [1.807, 2.05) is 12.2 Å². The molecule has 8 heteroatoms. The summed E-state index contributed by atoms with van der Waals surface area (Å²) in [5.41, 5.74) is 0.411. The standard InChI is InChI=1S/C13H17F3N2O3/c1-3-21-10-5-4-9(6-11(10)20-2)18-12(19)7-17-8-13(14,15)16/h4-6,17H,3,7-8H2,1-2H3,(H,18,19). The van der Waals surface area contributed by atoms with Crippen LogP contribution in [0.2, 0.25) is 0 Å². The summed E-state index contributed by atoms with van der Waals surface area (Å²) in [4.78, 5) is 11.5. The number of methoxy groups -OCH3 is 1. The first kappa shape index (κ1) is 17.1. The van der Waals surface area contributed by atoms with Crippen molar-refractivity contribution in [1.29, 1.82) is 0 Å². The van der Waals surface area contributed by atoms with Gasteiger partial charge in [-0.05, 0) is 19.1 Å². The molecule has 0 bridgehead atoms. The van der Waals surface area contributed by atoms with E-state index >= 15 is 0 Å². The maximum absolute atomic E-state index is 11.9. The molecule has 2 N–H and O–H groups in total. The van der Waals surface area contributed by atoms with E-state index in [0.717, 1.165) is 0 Å². The third-order valence-corrected chi connectivity index (χ3v) is 2.36. The summed E-state index contributed by atoms with van der Waals surface area (Å²) in [5, 5.41) is 4.48. The Morgan fingerprint density at radius 1 is 1.29 bits per heavy atom. The maximum atomic E-state index is 11.9. The molecule has 0 saturated carbocycles. The minimum atomic E-state index is -4.34. The van der Waals surface area contributed by atoms with Crippen molar-refractivity contribution in [3.63, 3.8) is 0 Å². The van der Waals surface area contributed by atoms with Crippen molar-refractivity contribution >= 4 is 11.6 Å². The summed E-state index contributed by atoms with van der Waals surface area (Å²) >= 11 is 0. The minimum absolute atomic E-state index is 0.411. The lowest BCUT2D eigenvalue weighted by Gasteiger charge is -2.12. The van der Waals surface area contributed by atoms with Gasteiger partial charge in [0.1, 0.15) is 0 Å². The second-order valence-electron chi connectivity index (χ2n) is 4.07. The van der Waals surface area contributed by atoms with Crippen molar-refractivity contribution in [3.05, 3.63) is 18.2 Å². The molecule has 5 nitrogen and oxygen atoms in total. The second kappa shape index (κ2) is 7.72. The highest BCUT2D eigenvalue weighted by molar-refractivity contribution is 5.92. The Balaban J connectivity index is 2.56. The molecular formula is C13H17F3N2O3. The van der Waals surface area contributed by atoms with Crippen LogP contribution in [0.25, 0.3) is 0 Å². The molecule has 0 fully saturated rings. The summed E-state index contributed by atoms with van der Waals surface area (Å²) in [5.74, 6) is 0.372. The highest BCUT2D eigenvalue weighted by Crippen LogP contribution is 2.30. The molecule has 0 aliphatic rings. The average Bonchev–Trinajstić information content (AvgIpc) is 2.39. The third-order valence-electron chi connectivity index (χ3n) is 2.36. The number of benzene rings is 1. The van der Waals surface area contributed by atoms with Gasteiger partial charge in [0.05, 0.1) is 26.8 Å². The number of carbonyl (C=O) groups is 1. The maximum Gasteiger partial charge on any atom is 0.401 e. The topological polar surface area (TPSA) is 59.6 Å². The molecule has 0 spiro atoms. The fourth-order valence-corrected chi connectivity index (χ4v) is 1.54. The average molecular weight is 306 g/mol. The van der Waals surface area contributed by atoms with Crippen LogP contribution in [-0.2, 0) is 4.79 Å². The molecule has 0 atom stereocenters. The first-order chi connectivity index (χ1) is 9.85. The van der Waals surface area contributed by atoms with Gasteiger partial charge in [0.15, 0.2) is 11.5 Å². The summed E-state index contributed by atoms with van der Waals surface area (Å²) in [6, 6.07) is 4.73. The zero-order valence-electron chi connectivity index (χ0n) is 11.7. The predicted molar refractivity (Wildman–Crippen MR) is 71.7 cm³/mol. The van der Waals surface area contributed by atoms with Gasteiger partial charge in [-0.3, -0.25) is 4.79 Å². The monoisotopic (exact) mass is 306 g/mol. The molecule has 0 aliphatic heterocycles. The molecule has 0 aliphatic carbocycles. The second-order valence-corrected chi connectivity index (χ2v) is 4.07. The zero-order valence-corrected chi connectivity index (χ0v) is 11.7. The van der Waals surface area contributed by atoms with Crippen molar-refractivity contribution in [3.8, 4) is 11.5 Å². The number of halogens is 3. The van der Waals surface area contributed by atoms with E-state index in [1.54, 1.807) is 12.1 Å². The van der Waals surface area contributed by atoms with Crippen molar-refractivity contribution in [2.24, 2.45) is 0 Å². The number of ether oxygens (including phenoxy) is 2. The Hall–Kier alpha value is -1.96. The number of rotatable bonds is 7. The van der Waals surface area contributed by atoms with Gasteiger partial charge in [-0.15, -0.1) is 0 Å². The van der Waals surface area contributed by atoms with Crippen molar-refractivity contribution in [1.82, 2.24) is 5.32 Å². The molecule has 0 heterocycles.